The molecular formula is C14H19BrN2O2. The van der Waals surface area contributed by atoms with Gasteiger partial charge in [0.15, 0.2) is 5.78 Å². The van der Waals surface area contributed by atoms with E-state index in [1.807, 2.05) is 26.0 Å². The molecule has 0 aliphatic heterocycles. The molecule has 1 unspecified atom stereocenters. The van der Waals surface area contributed by atoms with Gasteiger partial charge in [0, 0.05) is 16.1 Å². The predicted molar refractivity (Wildman–Crippen MR) is 79.0 cm³/mol. The average Bonchev–Trinajstić information content (AvgIpc) is 2.34. The molecule has 0 saturated heterocycles. The largest absolute Gasteiger partial charge is 0.369 e. The van der Waals surface area contributed by atoms with Crippen molar-refractivity contribution < 1.29 is 9.59 Å². The van der Waals surface area contributed by atoms with Crippen molar-refractivity contribution in [3.05, 3.63) is 34.3 Å². The van der Waals surface area contributed by atoms with E-state index in [9.17, 15) is 9.59 Å². The van der Waals surface area contributed by atoms with E-state index in [0.717, 1.165) is 4.47 Å². The van der Waals surface area contributed by atoms with Crippen molar-refractivity contribution in [3.63, 3.8) is 0 Å². The molecule has 0 aliphatic carbocycles. The van der Waals surface area contributed by atoms with E-state index in [-0.39, 0.29) is 24.4 Å². The van der Waals surface area contributed by atoms with Crippen molar-refractivity contribution in [2.75, 3.05) is 6.54 Å². The van der Waals surface area contributed by atoms with Gasteiger partial charge < -0.3 is 5.73 Å². The van der Waals surface area contributed by atoms with Crippen molar-refractivity contribution in [1.82, 2.24) is 4.90 Å². The average molecular weight is 327 g/mol. The molecule has 1 atom stereocenters. The van der Waals surface area contributed by atoms with E-state index in [1.165, 1.54) is 0 Å². The number of hydrogen-bond acceptors (Lipinski definition) is 3. The highest BCUT2D eigenvalue weighted by molar-refractivity contribution is 9.10. The van der Waals surface area contributed by atoms with E-state index in [1.54, 1.807) is 24.0 Å². The lowest BCUT2D eigenvalue weighted by molar-refractivity contribution is -0.119. The summed E-state index contributed by atoms with van der Waals surface area (Å²) in [5, 5.41) is 0. The number of halogens is 1. The highest BCUT2D eigenvalue weighted by Crippen LogP contribution is 2.15. The van der Waals surface area contributed by atoms with Crippen molar-refractivity contribution in [2.24, 2.45) is 5.73 Å². The summed E-state index contributed by atoms with van der Waals surface area (Å²) in [6.07, 6.45) is 0. The van der Waals surface area contributed by atoms with Gasteiger partial charge in [-0.1, -0.05) is 28.1 Å². The first kappa shape index (κ1) is 15.9. The maximum absolute atomic E-state index is 12.4. The summed E-state index contributed by atoms with van der Waals surface area (Å²) in [7, 11) is 0. The maximum atomic E-state index is 12.4. The van der Waals surface area contributed by atoms with Crippen LogP contribution in [0.1, 0.15) is 31.1 Å². The minimum atomic E-state index is -0.427. The second-order valence-electron chi connectivity index (χ2n) is 4.78. The van der Waals surface area contributed by atoms with Crippen LogP contribution in [0.5, 0.6) is 0 Å². The Bertz CT molecular complexity index is 457. The van der Waals surface area contributed by atoms with Crippen LogP contribution in [-0.4, -0.2) is 35.2 Å². The molecule has 0 aliphatic rings. The summed E-state index contributed by atoms with van der Waals surface area (Å²) in [6, 6.07) is 6.88. The number of carbonyl (C=O) groups is 2. The van der Waals surface area contributed by atoms with Crippen molar-refractivity contribution in [2.45, 2.75) is 32.9 Å². The Balaban J connectivity index is 2.89. The smallest absolute Gasteiger partial charge is 0.231 e. The molecule has 19 heavy (non-hydrogen) atoms. The fourth-order valence-electron chi connectivity index (χ4n) is 1.95. The maximum Gasteiger partial charge on any atom is 0.231 e. The first-order valence-corrected chi connectivity index (χ1v) is 6.96. The monoisotopic (exact) mass is 326 g/mol. The Labute approximate surface area is 122 Å². The van der Waals surface area contributed by atoms with E-state index in [2.05, 4.69) is 15.9 Å². The normalized spacial score (nSPS) is 12.7. The lowest BCUT2D eigenvalue weighted by Gasteiger charge is -2.30. The van der Waals surface area contributed by atoms with Gasteiger partial charge in [0.2, 0.25) is 5.91 Å². The van der Waals surface area contributed by atoms with Crippen LogP contribution >= 0.6 is 15.9 Å². The number of Topliss-reactive ketones (excluding diaryl/α,β-unsaturated/α-hetero) is 1. The number of carbonyl (C=O) groups excluding carboxylic acids is 2. The quantitative estimate of drug-likeness (QED) is 0.815. The van der Waals surface area contributed by atoms with Crippen molar-refractivity contribution in [1.29, 1.82) is 0 Å². The van der Waals surface area contributed by atoms with Gasteiger partial charge in [-0.25, -0.2) is 0 Å². The van der Waals surface area contributed by atoms with Gasteiger partial charge in [-0.3, -0.25) is 14.5 Å². The number of rotatable bonds is 6. The Kier molecular flexibility index (Phi) is 5.69. The van der Waals surface area contributed by atoms with E-state index in [0.29, 0.717) is 5.56 Å². The molecule has 0 heterocycles. The number of nitrogens with zero attached hydrogens (tertiary/aromatic N) is 1. The third-order valence-corrected chi connectivity index (χ3v) is 3.54. The zero-order chi connectivity index (χ0) is 14.6. The molecule has 1 amide bonds. The Morgan fingerprint density at radius 3 is 2.16 bits per heavy atom. The second kappa shape index (κ2) is 6.82. The molecule has 0 fully saturated rings. The molecule has 1 aromatic rings. The molecule has 4 nitrogen and oxygen atoms in total. The molecule has 1 rings (SSSR count). The van der Waals surface area contributed by atoms with E-state index >= 15 is 0 Å². The topological polar surface area (TPSA) is 63.4 Å². The Morgan fingerprint density at radius 1 is 1.21 bits per heavy atom. The number of hydrogen-bond donors (Lipinski definition) is 1. The molecule has 0 saturated carbocycles. The summed E-state index contributed by atoms with van der Waals surface area (Å²) in [4.78, 5) is 25.3. The minimum Gasteiger partial charge on any atom is -0.369 e. The molecule has 5 heteroatoms. The third kappa shape index (κ3) is 4.44. The van der Waals surface area contributed by atoms with Crippen LogP contribution in [0.2, 0.25) is 0 Å². The van der Waals surface area contributed by atoms with Gasteiger partial charge in [0.05, 0.1) is 12.6 Å². The second-order valence-corrected chi connectivity index (χ2v) is 5.70. The zero-order valence-corrected chi connectivity index (χ0v) is 13.0. The van der Waals surface area contributed by atoms with Gasteiger partial charge >= 0.3 is 0 Å². The molecule has 1 aromatic carbocycles. The van der Waals surface area contributed by atoms with E-state index in [4.69, 9.17) is 5.73 Å². The van der Waals surface area contributed by atoms with Crippen LogP contribution in [-0.2, 0) is 4.79 Å². The van der Waals surface area contributed by atoms with Gasteiger partial charge in [-0.2, -0.15) is 0 Å². The van der Waals surface area contributed by atoms with Crippen LogP contribution in [0.15, 0.2) is 28.7 Å². The third-order valence-electron chi connectivity index (χ3n) is 3.01. The first-order chi connectivity index (χ1) is 8.82. The first-order valence-electron chi connectivity index (χ1n) is 6.16. The summed E-state index contributed by atoms with van der Waals surface area (Å²) in [6.45, 7) is 5.76. The molecule has 104 valence electrons. The number of benzene rings is 1. The summed E-state index contributed by atoms with van der Waals surface area (Å²) >= 11 is 3.33. The fraction of sp³-hybridized carbons (Fsp3) is 0.429. The van der Waals surface area contributed by atoms with Crippen LogP contribution in [0, 0.1) is 0 Å². The number of nitrogens with two attached hydrogens (primary N) is 1. The molecule has 0 bridgehead atoms. The number of amides is 1. The lowest BCUT2D eigenvalue weighted by Crippen LogP contribution is -2.47. The van der Waals surface area contributed by atoms with Crippen LogP contribution in [0.4, 0.5) is 0 Å². The van der Waals surface area contributed by atoms with Crippen LogP contribution in [0.25, 0.3) is 0 Å². The van der Waals surface area contributed by atoms with Gasteiger partial charge in [0.25, 0.3) is 0 Å². The standard InChI is InChI=1S/C14H19BrN2O2/c1-9(2)17(8-13(16)18)10(3)14(19)11-4-6-12(15)7-5-11/h4-7,9-10H,8H2,1-3H3,(H2,16,18). The minimum absolute atomic E-state index is 0.0116. The van der Waals surface area contributed by atoms with Gasteiger partial charge in [-0.15, -0.1) is 0 Å². The van der Waals surface area contributed by atoms with Gasteiger partial charge in [-0.05, 0) is 32.9 Å². The fourth-order valence-corrected chi connectivity index (χ4v) is 2.22. The molecule has 2 N–H and O–H groups in total. The number of primary amides is 1. The zero-order valence-electron chi connectivity index (χ0n) is 11.4. The summed E-state index contributed by atoms with van der Waals surface area (Å²) in [5.41, 5.74) is 5.86. The van der Waals surface area contributed by atoms with Crippen LogP contribution < -0.4 is 5.73 Å². The number of ketones is 1. The predicted octanol–water partition coefficient (Wildman–Crippen LogP) is 2.22. The SMILES string of the molecule is CC(C)N(CC(N)=O)C(C)C(=O)c1ccc(Br)cc1. The summed E-state index contributed by atoms with van der Waals surface area (Å²) in [5.74, 6) is -0.438. The van der Waals surface area contributed by atoms with Crippen molar-refractivity contribution >= 4 is 27.6 Å². The van der Waals surface area contributed by atoms with Crippen molar-refractivity contribution in [3.8, 4) is 0 Å². The lowest BCUT2D eigenvalue weighted by atomic mass is 10.0. The molecule has 0 radical (unpaired) electrons. The van der Waals surface area contributed by atoms with E-state index < -0.39 is 5.91 Å². The van der Waals surface area contributed by atoms with Gasteiger partial charge in [0.1, 0.15) is 0 Å². The Hall–Kier alpha value is -1.20. The molecular weight excluding hydrogens is 308 g/mol. The molecule has 0 spiro atoms. The highest BCUT2D eigenvalue weighted by Gasteiger charge is 2.25. The highest BCUT2D eigenvalue weighted by atomic mass is 79.9. The van der Waals surface area contributed by atoms with Crippen LogP contribution in [0.3, 0.4) is 0 Å². The molecule has 0 aromatic heterocycles. The Morgan fingerprint density at radius 2 is 1.74 bits per heavy atom. The summed E-state index contributed by atoms with van der Waals surface area (Å²) < 4.78 is 0.926.